The van der Waals surface area contributed by atoms with Crippen LogP contribution in [0.5, 0.6) is 5.75 Å². The van der Waals surface area contributed by atoms with E-state index in [1.54, 1.807) is 7.11 Å². The summed E-state index contributed by atoms with van der Waals surface area (Å²) in [5.41, 5.74) is 2.39. The van der Waals surface area contributed by atoms with E-state index < -0.39 is 0 Å². The molecule has 1 saturated heterocycles. The summed E-state index contributed by atoms with van der Waals surface area (Å²) in [5, 5.41) is 2.78. The Hall–Kier alpha value is -3.00. The molecule has 158 valence electrons. The maximum absolute atomic E-state index is 12.5. The van der Waals surface area contributed by atoms with Crippen molar-refractivity contribution in [3.05, 3.63) is 41.7 Å². The highest BCUT2D eigenvalue weighted by molar-refractivity contribution is 5.98. The van der Waals surface area contributed by atoms with Gasteiger partial charge in [0, 0.05) is 38.8 Å². The molecule has 1 N–H and O–H groups in total. The van der Waals surface area contributed by atoms with Crippen LogP contribution in [-0.4, -0.2) is 66.4 Å². The number of carbonyl (C=O) groups is 2. The highest BCUT2D eigenvalue weighted by Crippen LogP contribution is 2.28. The van der Waals surface area contributed by atoms with Gasteiger partial charge < -0.3 is 9.64 Å². The van der Waals surface area contributed by atoms with Crippen LogP contribution in [0.1, 0.15) is 29.4 Å². The molecule has 0 radical (unpaired) electrons. The largest absolute Gasteiger partial charge is 0.495 e. The van der Waals surface area contributed by atoms with Gasteiger partial charge in [-0.1, -0.05) is 19.1 Å². The number of benzene rings is 1. The smallest absolute Gasteiger partial charge is 0.240 e. The van der Waals surface area contributed by atoms with Gasteiger partial charge in [0.2, 0.25) is 11.9 Å². The number of para-hydroxylation sites is 2. The van der Waals surface area contributed by atoms with E-state index >= 15 is 0 Å². The molecule has 8 nitrogen and oxygen atoms in total. The lowest BCUT2D eigenvalue weighted by Gasteiger charge is -2.36. The molecule has 0 bridgehead atoms. The van der Waals surface area contributed by atoms with Crippen molar-refractivity contribution in [3.8, 4) is 5.75 Å². The minimum Gasteiger partial charge on any atom is -0.495 e. The number of anilines is 2. The molecule has 0 saturated carbocycles. The van der Waals surface area contributed by atoms with Crippen molar-refractivity contribution in [2.45, 2.75) is 19.8 Å². The van der Waals surface area contributed by atoms with Gasteiger partial charge in [0.15, 0.2) is 5.78 Å². The van der Waals surface area contributed by atoms with Crippen LogP contribution in [-0.2, 0) is 11.2 Å². The summed E-state index contributed by atoms with van der Waals surface area (Å²) >= 11 is 0. The van der Waals surface area contributed by atoms with E-state index in [0.717, 1.165) is 49.7 Å². The van der Waals surface area contributed by atoms with Gasteiger partial charge in [0.05, 0.1) is 30.6 Å². The Morgan fingerprint density at radius 1 is 1.20 bits per heavy atom. The van der Waals surface area contributed by atoms with Gasteiger partial charge in [-0.3, -0.25) is 19.8 Å². The van der Waals surface area contributed by atoms with Crippen molar-refractivity contribution in [3.63, 3.8) is 0 Å². The lowest BCUT2D eigenvalue weighted by Crippen LogP contribution is -2.48. The van der Waals surface area contributed by atoms with Gasteiger partial charge in [-0.15, -0.1) is 0 Å². The van der Waals surface area contributed by atoms with Crippen LogP contribution >= 0.6 is 0 Å². The van der Waals surface area contributed by atoms with E-state index in [1.807, 2.05) is 25.1 Å². The molecule has 1 aliphatic carbocycles. The molecule has 8 heteroatoms. The molecule has 1 amide bonds. The zero-order valence-electron chi connectivity index (χ0n) is 17.4. The number of fused-ring (bicyclic) bond motifs is 1. The van der Waals surface area contributed by atoms with Gasteiger partial charge in [0.25, 0.3) is 0 Å². The van der Waals surface area contributed by atoms with Crippen molar-refractivity contribution in [2.24, 2.45) is 5.92 Å². The van der Waals surface area contributed by atoms with Crippen molar-refractivity contribution < 1.29 is 14.3 Å². The van der Waals surface area contributed by atoms with E-state index in [0.29, 0.717) is 12.0 Å². The third-order valence-corrected chi connectivity index (χ3v) is 5.66. The van der Waals surface area contributed by atoms with Crippen molar-refractivity contribution in [1.82, 2.24) is 14.9 Å². The summed E-state index contributed by atoms with van der Waals surface area (Å²) in [7, 11) is 1.68. The number of carbonyl (C=O) groups excluding carboxylic acids is 2. The first kappa shape index (κ1) is 20.3. The van der Waals surface area contributed by atoms with E-state index in [-0.39, 0.29) is 30.1 Å². The lowest BCUT2D eigenvalue weighted by molar-refractivity contribution is -0.117. The van der Waals surface area contributed by atoms with Gasteiger partial charge in [-0.05, 0) is 24.5 Å². The molecular weight excluding hydrogens is 382 g/mol. The van der Waals surface area contributed by atoms with Gasteiger partial charge in [-0.25, -0.2) is 9.97 Å². The van der Waals surface area contributed by atoms with Crippen LogP contribution in [0, 0.1) is 5.92 Å². The molecule has 4 rings (SSSR count). The third kappa shape index (κ3) is 4.43. The maximum Gasteiger partial charge on any atom is 0.240 e. The molecule has 1 aliphatic heterocycles. The van der Waals surface area contributed by atoms with Crippen molar-refractivity contribution in [1.29, 1.82) is 0 Å². The predicted molar refractivity (Wildman–Crippen MR) is 114 cm³/mol. The molecule has 2 heterocycles. The number of Topliss-reactive ketones (excluding diaryl/α,β-unsaturated/α-hetero) is 1. The summed E-state index contributed by atoms with van der Waals surface area (Å²) < 4.78 is 5.45. The number of nitrogens with zero attached hydrogens (tertiary/aromatic N) is 4. The Balaban J connectivity index is 1.31. The number of ether oxygens (including phenoxy) is 1. The van der Waals surface area contributed by atoms with Crippen LogP contribution < -0.4 is 15.0 Å². The zero-order valence-corrected chi connectivity index (χ0v) is 17.4. The molecule has 30 heavy (non-hydrogen) atoms. The predicted octanol–water partition coefficient (Wildman–Crippen LogP) is 2.01. The highest BCUT2D eigenvalue weighted by Gasteiger charge is 2.25. The Bertz CT molecular complexity index is 940. The first-order valence-corrected chi connectivity index (χ1v) is 10.3. The molecule has 1 aromatic heterocycles. The number of amides is 1. The molecule has 2 aromatic rings. The minimum absolute atomic E-state index is 0.0783. The average molecular weight is 409 g/mol. The quantitative estimate of drug-likeness (QED) is 0.808. The summed E-state index contributed by atoms with van der Waals surface area (Å²) in [6.45, 7) is 5.53. The van der Waals surface area contributed by atoms with Crippen LogP contribution in [0.2, 0.25) is 0 Å². The monoisotopic (exact) mass is 409 g/mol. The fraction of sp³-hybridized carbons (Fsp3) is 0.455. The summed E-state index contributed by atoms with van der Waals surface area (Å²) in [6.07, 6.45) is 2.80. The Morgan fingerprint density at radius 2 is 1.97 bits per heavy atom. The van der Waals surface area contributed by atoms with E-state index in [2.05, 4.69) is 31.2 Å². The first-order valence-electron chi connectivity index (χ1n) is 10.3. The molecule has 1 unspecified atom stereocenters. The second-order valence-electron chi connectivity index (χ2n) is 7.97. The van der Waals surface area contributed by atoms with Crippen LogP contribution in [0.25, 0.3) is 0 Å². The summed E-state index contributed by atoms with van der Waals surface area (Å²) in [4.78, 5) is 37.5. The van der Waals surface area contributed by atoms with Crippen LogP contribution in [0.4, 0.5) is 11.6 Å². The number of hydrogen-bond acceptors (Lipinski definition) is 7. The Labute approximate surface area is 176 Å². The topological polar surface area (TPSA) is 87.7 Å². The third-order valence-electron chi connectivity index (χ3n) is 5.66. The van der Waals surface area contributed by atoms with Gasteiger partial charge in [0.1, 0.15) is 5.75 Å². The molecular formula is C22H27N5O3. The van der Waals surface area contributed by atoms with Crippen molar-refractivity contribution >= 4 is 23.3 Å². The maximum atomic E-state index is 12.5. The number of nitrogens with one attached hydrogen (secondary N) is 1. The molecule has 1 aromatic carbocycles. The number of aromatic nitrogens is 2. The van der Waals surface area contributed by atoms with Crippen LogP contribution in [0.3, 0.4) is 0 Å². The highest BCUT2D eigenvalue weighted by atomic mass is 16.5. The van der Waals surface area contributed by atoms with E-state index in [4.69, 9.17) is 4.74 Å². The van der Waals surface area contributed by atoms with Gasteiger partial charge >= 0.3 is 0 Å². The molecule has 0 spiro atoms. The van der Waals surface area contributed by atoms with Crippen molar-refractivity contribution in [2.75, 3.05) is 50.1 Å². The minimum atomic E-state index is -0.143. The lowest BCUT2D eigenvalue weighted by atomic mass is 9.88. The second-order valence-corrected chi connectivity index (χ2v) is 7.97. The molecule has 1 fully saturated rings. The molecule has 2 aliphatic rings. The number of rotatable bonds is 5. The summed E-state index contributed by atoms with van der Waals surface area (Å²) in [5.74, 6) is 1.34. The Kier molecular flexibility index (Phi) is 5.94. The number of ketones is 1. The fourth-order valence-corrected chi connectivity index (χ4v) is 4.10. The Morgan fingerprint density at radius 3 is 2.73 bits per heavy atom. The second kappa shape index (κ2) is 8.79. The van der Waals surface area contributed by atoms with Crippen LogP contribution in [0.15, 0.2) is 30.5 Å². The van der Waals surface area contributed by atoms with E-state index in [1.165, 1.54) is 6.20 Å². The number of methoxy groups -OCH3 is 1. The number of piperazine rings is 1. The number of hydrogen-bond donors (Lipinski definition) is 1. The van der Waals surface area contributed by atoms with Gasteiger partial charge in [-0.2, -0.15) is 0 Å². The van der Waals surface area contributed by atoms with E-state index in [9.17, 15) is 9.59 Å². The standard InChI is InChI=1S/C22H27N5O3/c1-15-11-17-16(19(28)12-15)13-23-22(24-17)25-21(29)14-26-7-9-27(10-8-26)18-5-3-4-6-20(18)30-2/h3-6,13,15H,7-12,14H2,1-2H3,(H,23,24,25,29). The average Bonchev–Trinajstić information content (AvgIpc) is 2.74. The SMILES string of the molecule is COc1ccccc1N1CCN(CC(=O)Nc2ncc3c(n2)CC(C)CC3=O)CC1. The normalized spacial score (nSPS) is 19.3. The molecule has 1 atom stereocenters. The fourth-order valence-electron chi connectivity index (χ4n) is 4.10. The zero-order chi connectivity index (χ0) is 21.1. The summed E-state index contributed by atoms with van der Waals surface area (Å²) in [6, 6.07) is 7.98. The first-order chi connectivity index (χ1) is 14.5.